The largest absolute Gasteiger partial charge is 0.367 e. The smallest absolute Gasteiger partial charge is 0.276 e. The predicted molar refractivity (Wildman–Crippen MR) is 107 cm³/mol. The Labute approximate surface area is 159 Å². The zero-order valence-electron chi connectivity index (χ0n) is 15.1. The van der Waals surface area contributed by atoms with Crippen molar-refractivity contribution in [2.24, 2.45) is 0 Å². The van der Waals surface area contributed by atoms with Gasteiger partial charge in [-0.2, -0.15) is 0 Å². The van der Waals surface area contributed by atoms with Gasteiger partial charge in [-0.1, -0.05) is 42.5 Å². The van der Waals surface area contributed by atoms with Gasteiger partial charge < -0.3 is 9.80 Å². The van der Waals surface area contributed by atoms with Gasteiger partial charge in [-0.15, -0.1) is 0 Å². The molecule has 3 heterocycles. The summed E-state index contributed by atoms with van der Waals surface area (Å²) in [5.74, 6) is -0.0146. The first-order valence-electron chi connectivity index (χ1n) is 9.47. The second kappa shape index (κ2) is 6.54. The molecule has 2 aliphatic heterocycles. The second-order valence-corrected chi connectivity index (χ2v) is 7.18. The number of fused-ring (bicyclic) bond motifs is 2. The van der Waals surface area contributed by atoms with E-state index in [9.17, 15) is 4.79 Å². The summed E-state index contributed by atoms with van der Waals surface area (Å²) in [4.78, 5) is 21.7. The molecule has 27 heavy (non-hydrogen) atoms. The predicted octanol–water partition coefficient (Wildman–Crippen LogP) is 3.85. The minimum absolute atomic E-state index is 0.0146. The third-order valence-corrected chi connectivity index (χ3v) is 5.59. The van der Waals surface area contributed by atoms with Crippen molar-refractivity contribution in [2.45, 2.75) is 19.4 Å². The van der Waals surface area contributed by atoms with E-state index in [2.05, 4.69) is 40.2 Å². The second-order valence-electron chi connectivity index (χ2n) is 7.18. The Morgan fingerprint density at radius 3 is 2.48 bits per heavy atom. The van der Waals surface area contributed by atoms with Gasteiger partial charge in [-0.05, 0) is 47.7 Å². The number of carbonyl (C=O) groups excluding carboxylic acids is 1. The molecule has 2 aliphatic rings. The number of hydrogen-bond acceptors (Lipinski definition) is 3. The van der Waals surface area contributed by atoms with Gasteiger partial charge in [-0.3, -0.25) is 9.78 Å². The number of amides is 1. The average Bonchev–Trinajstić information content (AvgIpc) is 3.17. The number of pyridine rings is 1. The van der Waals surface area contributed by atoms with Crippen LogP contribution in [-0.2, 0) is 19.4 Å². The summed E-state index contributed by atoms with van der Waals surface area (Å²) in [6.45, 7) is 2.56. The lowest BCUT2D eigenvalue weighted by Gasteiger charge is -2.31. The Balaban J connectivity index is 1.41. The first kappa shape index (κ1) is 16.1. The summed E-state index contributed by atoms with van der Waals surface area (Å²) in [6, 6.07) is 20.7. The molecule has 0 saturated carbocycles. The van der Waals surface area contributed by atoms with Crippen LogP contribution in [0, 0.1) is 0 Å². The first-order chi connectivity index (χ1) is 13.3. The normalized spacial score (nSPS) is 15.4. The van der Waals surface area contributed by atoms with Gasteiger partial charge >= 0.3 is 0 Å². The van der Waals surface area contributed by atoms with Crippen LogP contribution in [0.3, 0.4) is 0 Å². The maximum absolute atomic E-state index is 13.1. The fourth-order valence-electron chi connectivity index (χ4n) is 4.14. The van der Waals surface area contributed by atoms with Crippen LogP contribution in [0.25, 0.3) is 0 Å². The number of benzene rings is 2. The van der Waals surface area contributed by atoms with Crippen LogP contribution in [0.1, 0.15) is 27.2 Å². The van der Waals surface area contributed by atoms with Crippen LogP contribution in [0.5, 0.6) is 0 Å². The van der Waals surface area contributed by atoms with Crippen LogP contribution in [0.15, 0.2) is 66.9 Å². The minimum atomic E-state index is -0.0146. The molecule has 4 nitrogen and oxygen atoms in total. The number of carbonyl (C=O) groups is 1. The van der Waals surface area contributed by atoms with Crippen LogP contribution in [-0.4, -0.2) is 24.0 Å². The van der Waals surface area contributed by atoms with Crippen molar-refractivity contribution >= 4 is 17.3 Å². The molecule has 2 aromatic carbocycles. The molecule has 0 aliphatic carbocycles. The molecule has 0 fully saturated rings. The summed E-state index contributed by atoms with van der Waals surface area (Å²) in [6.07, 6.45) is 3.69. The van der Waals surface area contributed by atoms with Crippen LogP contribution >= 0.6 is 0 Å². The summed E-state index contributed by atoms with van der Waals surface area (Å²) >= 11 is 0. The van der Waals surface area contributed by atoms with E-state index in [1.165, 1.54) is 16.7 Å². The van der Waals surface area contributed by atoms with Gasteiger partial charge in [0.2, 0.25) is 0 Å². The molecule has 0 spiro atoms. The maximum Gasteiger partial charge on any atom is 0.276 e. The number of rotatable bonds is 2. The van der Waals surface area contributed by atoms with Crippen molar-refractivity contribution in [3.8, 4) is 0 Å². The number of aromatic nitrogens is 1. The number of nitrogens with zero attached hydrogens (tertiary/aromatic N) is 3. The van der Waals surface area contributed by atoms with Crippen LogP contribution < -0.4 is 9.80 Å². The quantitative estimate of drug-likeness (QED) is 0.701. The maximum atomic E-state index is 13.1. The van der Waals surface area contributed by atoms with Gasteiger partial charge in [0.05, 0.1) is 0 Å². The van der Waals surface area contributed by atoms with E-state index in [4.69, 9.17) is 0 Å². The van der Waals surface area contributed by atoms with Crippen LogP contribution in [0.4, 0.5) is 11.4 Å². The molecular weight excluding hydrogens is 334 g/mol. The topological polar surface area (TPSA) is 36.4 Å². The van der Waals surface area contributed by atoms with E-state index in [-0.39, 0.29) is 5.91 Å². The number of hydrogen-bond donors (Lipinski definition) is 0. The highest BCUT2D eigenvalue weighted by atomic mass is 16.2. The molecule has 0 radical (unpaired) electrons. The highest BCUT2D eigenvalue weighted by Gasteiger charge is 2.26. The summed E-state index contributed by atoms with van der Waals surface area (Å²) in [7, 11) is 0. The highest BCUT2D eigenvalue weighted by molar-refractivity contribution is 6.06. The van der Waals surface area contributed by atoms with E-state index < -0.39 is 0 Å². The first-order valence-corrected chi connectivity index (χ1v) is 9.47. The van der Waals surface area contributed by atoms with Crippen molar-refractivity contribution in [3.05, 3.63) is 89.2 Å². The van der Waals surface area contributed by atoms with Crippen molar-refractivity contribution in [3.63, 3.8) is 0 Å². The van der Waals surface area contributed by atoms with Crippen molar-refractivity contribution < 1.29 is 4.79 Å². The van der Waals surface area contributed by atoms with Gasteiger partial charge in [0.15, 0.2) is 0 Å². The zero-order valence-corrected chi connectivity index (χ0v) is 15.1. The molecule has 4 heteroatoms. The van der Waals surface area contributed by atoms with E-state index in [1.807, 2.05) is 35.2 Å². The molecule has 1 aromatic heterocycles. The Kier molecular flexibility index (Phi) is 3.89. The van der Waals surface area contributed by atoms with E-state index >= 15 is 0 Å². The molecule has 134 valence electrons. The zero-order chi connectivity index (χ0) is 18.2. The number of para-hydroxylation sites is 1. The fraction of sp³-hybridized carbons (Fsp3) is 0.217. The molecule has 0 N–H and O–H groups in total. The number of anilines is 2. The minimum Gasteiger partial charge on any atom is -0.367 e. The molecular formula is C23H21N3O. The molecule has 3 aromatic rings. The summed E-state index contributed by atoms with van der Waals surface area (Å²) in [5, 5.41) is 0. The molecule has 5 rings (SSSR count). The third-order valence-electron chi connectivity index (χ3n) is 5.59. The van der Waals surface area contributed by atoms with Crippen molar-refractivity contribution in [1.29, 1.82) is 0 Å². The molecule has 0 unspecified atom stereocenters. The SMILES string of the molecule is O=C(c1cc(N2CCc3ccccc3C2)ccn1)N1CCc2ccccc21. The summed E-state index contributed by atoms with van der Waals surface area (Å²) < 4.78 is 0. The monoisotopic (exact) mass is 355 g/mol. The Hall–Kier alpha value is -3.14. The lowest BCUT2D eigenvalue weighted by Crippen LogP contribution is -2.32. The molecule has 0 atom stereocenters. The summed E-state index contributed by atoms with van der Waals surface area (Å²) in [5.41, 5.74) is 6.62. The highest BCUT2D eigenvalue weighted by Crippen LogP contribution is 2.30. The molecule has 1 amide bonds. The van der Waals surface area contributed by atoms with Crippen molar-refractivity contribution in [2.75, 3.05) is 22.9 Å². The van der Waals surface area contributed by atoms with Crippen LogP contribution in [0.2, 0.25) is 0 Å². The van der Waals surface area contributed by atoms with E-state index in [0.29, 0.717) is 5.69 Å². The molecule has 0 saturated heterocycles. The lowest BCUT2D eigenvalue weighted by atomic mass is 9.99. The van der Waals surface area contributed by atoms with E-state index in [0.717, 1.165) is 43.9 Å². The Bertz CT molecular complexity index is 1010. The van der Waals surface area contributed by atoms with E-state index in [1.54, 1.807) is 6.20 Å². The van der Waals surface area contributed by atoms with Gasteiger partial charge in [-0.25, -0.2) is 0 Å². The van der Waals surface area contributed by atoms with Gasteiger partial charge in [0.25, 0.3) is 5.91 Å². The average molecular weight is 355 g/mol. The van der Waals surface area contributed by atoms with Crippen molar-refractivity contribution in [1.82, 2.24) is 4.98 Å². The molecule has 0 bridgehead atoms. The Morgan fingerprint density at radius 1 is 0.852 bits per heavy atom. The van der Waals surface area contributed by atoms with Gasteiger partial charge in [0, 0.05) is 37.2 Å². The fourth-order valence-corrected chi connectivity index (χ4v) is 4.14. The van der Waals surface area contributed by atoms with Gasteiger partial charge in [0.1, 0.15) is 5.69 Å². The lowest BCUT2D eigenvalue weighted by molar-refractivity contribution is 0.0984. The third kappa shape index (κ3) is 2.87. The Morgan fingerprint density at radius 2 is 1.59 bits per heavy atom. The standard InChI is InChI=1S/C23H21N3O/c27-23(26-14-11-18-6-3-4-8-22(18)26)21-15-20(9-12-24-21)25-13-10-17-5-1-2-7-19(17)16-25/h1-9,12,15H,10-11,13-14,16H2.